The van der Waals surface area contributed by atoms with E-state index in [1.165, 1.54) is 24.4 Å². The Hall–Kier alpha value is -1.91. The standard InChI is InChI=1S/C8H7N3O2/c1-10-8-3-2-7(11(12)13)4-6(8)5-9-10/h2-5H,1H3/i1D3. The molecule has 1 aromatic heterocycles. The topological polar surface area (TPSA) is 61.0 Å². The highest BCUT2D eigenvalue weighted by atomic mass is 16.6. The minimum atomic E-state index is -2.38. The number of aromatic nitrogens is 2. The summed E-state index contributed by atoms with van der Waals surface area (Å²) in [6.07, 6.45) is 1.30. The van der Waals surface area contributed by atoms with Crippen molar-refractivity contribution >= 4 is 16.6 Å². The van der Waals surface area contributed by atoms with Crippen LogP contribution in [0.5, 0.6) is 0 Å². The maximum Gasteiger partial charge on any atom is 0.270 e. The lowest BCUT2D eigenvalue weighted by Gasteiger charge is -1.93. The van der Waals surface area contributed by atoms with Crippen molar-refractivity contribution in [1.82, 2.24) is 9.78 Å². The molecule has 1 heterocycles. The lowest BCUT2D eigenvalue weighted by molar-refractivity contribution is -0.384. The van der Waals surface area contributed by atoms with Crippen molar-refractivity contribution < 1.29 is 9.04 Å². The molecule has 2 aromatic rings. The summed E-state index contributed by atoms with van der Waals surface area (Å²) in [6, 6.07) is 3.93. The molecule has 5 nitrogen and oxygen atoms in total. The summed E-state index contributed by atoms with van der Waals surface area (Å²) in [7, 11) is 0. The molecule has 66 valence electrons. The number of nitrogens with zero attached hydrogens (tertiary/aromatic N) is 3. The summed E-state index contributed by atoms with van der Waals surface area (Å²) in [5.74, 6) is 0. The van der Waals surface area contributed by atoms with Gasteiger partial charge in [0.1, 0.15) is 0 Å². The highest BCUT2D eigenvalue weighted by Gasteiger charge is 2.07. The van der Waals surface area contributed by atoms with E-state index in [0.717, 1.165) is 4.68 Å². The van der Waals surface area contributed by atoms with E-state index in [1.807, 2.05) is 0 Å². The minimum Gasteiger partial charge on any atom is -0.268 e. The van der Waals surface area contributed by atoms with Crippen LogP contribution in [-0.2, 0) is 6.98 Å². The molecule has 2 rings (SSSR count). The fraction of sp³-hybridized carbons (Fsp3) is 0.125. The second-order valence-corrected chi connectivity index (χ2v) is 2.56. The molecule has 0 aliphatic heterocycles. The Morgan fingerprint density at radius 3 is 3.23 bits per heavy atom. The molecule has 0 unspecified atom stereocenters. The molecule has 5 heteroatoms. The largest absolute Gasteiger partial charge is 0.270 e. The first kappa shape index (κ1) is 4.96. The molecule has 0 aliphatic carbocycles. The fourth-order valence-corrected chi connectivity index (χ4v) is 1.13. The lowest BCUT2D eigenvalue weighted by atomic mass is 10.2. The molecule has 0 aliphatic rings. The predicted octanol–water partition coefficient (Wildman–Crippen LogP) is 1.48. The number of fused-ring (bicyclic) bond motifs is 1. The lowest BCUT2D eigenvalue weighted by Crippen LogP contribution is -1.90. The number of benzene rings is 1. The number of non-ortho nitro benzene ring substituents is 1. The second kappa shape index (κ2) is 2.55. The molecule has 0 amide bonds. The maximum atomic E-state index is 10.5. The highest BCUT2D eigenvalue weighted by molar-refractivity contribution is 5.80. The molecule has 0 spiro atoms. The smallest absolute Gasteiger partial charge is 0.268 e. The molecule has 0 atom stereocenters. The van der Waals surface area contributed by atoms with Crippen molar-refractivity contribution in [3.63, 3.8) is 0 Å². The first-order chi connectivity index (χ1) is 7.39. The molecule has 0 fully saturated rings. The maximum absolute atomic E-state index is 10.5. The van der Waals surface area contributed by atoms with Crippen molar-refractivity contribution in [2.45, 2.75) is 0 Å². The Morgan fingerprint density at radius 1 is 1.69 bits per heavy atom. The summed E-state index contributed by atoms with van der Waals surface area (Å²) in [6.45, 7) is -2.38. The summed E-state index contributed by atoms with van der Waals surface area (Å²) < 4.78 is 22.5. The summed E-state index contributed by atoms with van der Waals surface area (Å²) >= 11 is 0. The Balaban J connectivity index is 2.64. The predicted molar refractivity (Wildman–Crippen MR) is 47.4 cm³/mol. The second-order valence-electron chi connectivity index (χ2n) is 2.56. The Morgan fingerprint density at radius 2 is 2.54 bits per heavy atom. The molecule has 0 N–H and O–H groups in total. The van der Waals surface area contributed by atoms with Gasteiger partial charge >= 0.3 is 0 Å². The van der Waals surface area contributed by atoms with E-state index >= 15 is 0 Å². The van der Waals surface area contributed by atoms with Gasteiger partial charge < -0.3 is 0 Å². The van der Waals surface area contributed by atoms with Gasteiger partial charge in [0.15, 0.2) is 0 Å². The van der Waals surface area contributed by atoms with Crippen LogP contribution in [0.3, 0.4) is 0 Å². The van der Waals surface area contributed by atoms with E-state index in [2.05, 4.69) is 5.10 Å². The Kier molecular flexibility index (Phi) is 0.972. The molecule has 0 saturated heterocycles. The third-order valence-corrected chi connectivity index (χ3v) is 1.76. The zero-order chi connectivity index (χ0) is 11.9. The van der Waals surface area contributed by atoms with E-state index in [4.69, 9.17) is 4.11 Å². The number of rotatable bonds is 1. The molecule has 1 aromatic carbocycles. The van der Waals surface area contributed by atoms with Crippen molar-refractivity contribution in [2.75, 3.05) is 0 Å². The summed E-state index contributed by atoms with van der Waals surface area (Å²) in [5.41, 5.74) is 0.267. The third-order valence-electron chi connectivity index (χ3n) is 1.76. The SMILES string of the molecule is [2H]C([2H])([2H])n1ncc2cc([N+](=O)[O-])ccc21. The van der Waals surface area contributed by atoms with Crippen LogP contribution in [0.1, 0.15) is 4.11 Å². The average Bonchev–Trinajstić information content (AvgIpc) is 2.58. The number of hydrogen-bond acceptors (Lipinski definition) is 3. The molecular formula is C8H7N3O2. The summed E-state index contributed by atoms with van der Waals surface area (Å²) in [4.78, 5) is 9.98. The number of nitro groups is 1. The fourth-order valence-electron chi connectivity index (χ4n) is 1.13. The van der Waals surface area contributed by atoms with Crippen LogP contribution in [0.4, 0.5) is 5.69 Å². The van der Waals surface area contributed by atoms with E-state index in [-0.39, 0.29) is 5.69 Å². The van der Waals surface area contributed by atoms with Crippen molar-refractivity contribution in [3.05, 3.63) is 34.5 Å². The average molecular weight is 180 g/mol. The van der Waals surface area contributed by atoms with Crippen molar-refractivity contribution in [3.8, 4) is 0 Å². The minimum absolute atomic E-state index is 0.0856. The van der Waals surface area contributed by atoms with Crippen LogP contribution < -0.4 is 0 Å². The van der Waals surface area contributed by atoms with Gasteiger partial charge in [-0.3, -0.25) is 14.8 Å². The van der Waals surface area contributed by atoms with Crippen LogP contribution in [0.25, 0.3) is 10.9 Å². The van der Waals surface area contributed by atoms with Gasteiger partial charge in [-0.1, -0.05) is 0 Å². The van der Waals surface area contributed by atoms with Crippen LogP contribution >= 0.6 is 0 Å². The molecule has 0 radical (unpaired) electrons. The summed E-state index contributed by atoms with van der Waals surface area (Å²) in [5, 5.41) is 14.6. The van der Waals surface area contributed by atoms with Crippen molar-refractivity contribution in [2.24, 2.45) is 6.98 Å². The number of aryl methyl sites for hydroxylation is 1. The molecular weight excluding hydrogens is 170 g/mol. The molecule has 0 saturated carbocycles. The van der Waals surface area contributed by atoms with Gasteiger partial charge in [0.25, 0.3) is 5.69 Å². The molecule has 13 heavy (non-hydrogen) atoms. The van der Waals surface area contributed by atoms with Crippen molar-refractivity contribution in [1.29, 1.82) is 0 Å². The zero-order valence-electron chi connectivity index (χ0n) is 9.47. The quantitative estimate of drug-likeness (QED) is 0.493. The number of hydrogen-bond donors (Lipinski definition) is 0. The van der Waals surface area contributed by atoms with Crippen LogP contribution in [0.2, 0.25) is 0 Å². The van der Waals surface area contributed by atoms with Gasteiger partial charge in [-0.15, -0.1) is 0 Å². The van der Waals surface area contributed by atoms with Crippen LogP contribution in [0, 0.1) is 10.1 Å². The number of nitro benzene ring substituents is 1. The van der Waals surface area contributed by atoms with Gasteiger partial charge in [-0.25, -0.2) is 0 Å². The van der Waals surface area contributed by atoms with Gasteiger partial charge in [-0.2, -0.15) is 5.10 Å². The van der Waals surface area contributed by atoms with Crippen LogP contribution in [-0.4, -0.2) is 14.7 Å². The van der Waals surface area contributed by atoms with E-state index in [1.54, 1.807) is 0 Å². The first-order valence-electron chi connectivity index (χ1n) is 5.02. The highest BCUT2D eigenvalue weighted by Crippen LogP contribution is 2.19. The zero-order valence-corrected chi connectivity index (χ0v) is 6.47. The van der Waals surface area contributed by atoms with Gasteiger partial charge in [0.2, 0.25) is 0 Å². The molecule has 0 bridgehead atoms. The first-order valence-corrected chi connectivity index (χ1v) is 3.52. The Bertz CT molecular complexity index is 561. The Labute approximate surface area is 78.0 Å². The van der Waals surface area contributed by atoms with E-state index in [0.29, 0.717) is 10.9 Å². The van der Waals surface area contributed by atoms with Gasteiger partial charge in [0.05, 0.1) is 16.6 Å². The van der Waals surface area contributed by atoms with Crippen LogP contribution in [0.15, 0.2) is 24.4 Å². The third kappa shape index (κ3) is 1.14. The van der Waals surface area contributed by atoms with E-state index in [9.17, 15) is 10.1 Å². The van der Waals surface area contributed by atoms with E-state index < -0.39 is 11.9 Å². The normalized spacial score (nSPS) is 14.9. The monoisotopic (exact) mass is 180 g/mol. The van der Waals surface area contributed by atoms with Gasteiger partial charge in [-0.05, 0) is 6.07 Å². The van der Waals surface area contributed by atoms with Gasteiger partial charge in [0, 0.05) is 28.6 Å².